The Kier molecular flexibility index (Phi) is 25.2. The molecule has 0 saturated carbocycles. The van der Waals surface area contributed by atoms with Crippen LogP contribution in [0.5, 0.6) is 0 Å². The molecule has 44 heavy (non-hydrogen) atoms. The molecule has 0 radical (unpaired) electrons. The smallest absolute Gasteiger partial charge is 0.331 e. The first-order valence-corrected chi connectivity index (χ1v) is 17.7. The number of rotatable bonds is 31. The molecule has 0 aromatic carbocycles. The number of ether oxygens (including phenoxy) is 3. The number of carbonyl (C=O) groups is 1. The van der Waals surface area contributed by atoms with Crippen LogP contribution in [0.2, 0.25) is 0 Å². The van der Waals surface area contributed by atoms with E-state index in [4.69, 9.17) is 14.2 Å². The minimum Gasteiger partial charge on any atom is -0.455 e. The number of cyclic esters (lactones) is 1. The topological polar surface area (TPSA) is 146 Å². The van der Waals surface area contributed by atoms with Gasteiger partial charge in [0.1, 0.15) is 18.3 Å². The van der Waals surface area contributed by atoms with Gasteiger partial charge in [-0.2, -0.15) is 0 Å². The van der Waals surface area contributed by atoms with Gasteiger partial charge < -0.3 is 39.7 Å². The molecule has 6 atom stereocenters. The van der Waals surface area contributed by atoms with Gasteiger partial charge in [-0.05, 0) is 51.0 Å². The molecule has 0 aromatic heterocycles. The maximum atomic E-state index is 11.2. The van der Waals surface area contributed by atoms with E-state index in [1.165, 1.54) is 38.5 Å². The van der Waals surface area contributed by atoms with Gasteiger partial charge in [0, 0.05) is 6.08 Å². The fourth-order valence-corrected chi connectivity index (χ4v) is 5.52. The largest absolute Gasteiger partial charge is 0.455 e. The molecule has 1 heterocycles. The molecule has 9 heteroatoms. The first-order chi connectivity index (χ1) is 21.2. The lowest BCUT2D eigenvalue weighted by molar-refractivity contribution is -0.138. The summed E-state index contributed by atoms with van der Waals surface area (Å²) in [5.41, 5.74) is 1.09. The van der Waals surface area contributed by atoms with Crippen molar-refractivity contribution in [1.82, 2.24) is 0 Å². The third-order valence-corrected chi connectivity index (χ3v) is 8.48. The molecule has 5 N–H and O–H groups in total. The molecule has 0 bridgehead atoms. The van der Waals surface area contributed by atoms with E-state index >= 15 is 0 Å². The van der Waals surface area contributed by atoms with Crippen LogP contribution in [0.4, 0.5) is 0 Å². The molecule has 9 nitrogen and oxygen atoms in total. The summed E-state index contributed by atoms with van der Waals surface area (Å²) < 4.78 is 15.9. The van der Waals surface area contributed by atoms with Gasteiger partial charge in [-0.1, -0.05) is 96.8 Å². The highest BCUT2D eigenvalue weighted by molar-refractivity contribution is 5.85. The molecule has 0 amide bonds. The zero-order valence-electron chi connectivity index (χ0n) is 27.9. The second kappa shape index (κ2) is 27.1. The maximum Gasteiger partial charge on any atom is 0.331 e. The minimum absolute atomic E-state index is 0.0734. The second-order valence-electron chi connectivity index (χ2n) is 12.8. The molecule has 260 valence electrons. The SMILES string of the molecule is CCCCCCCCCC[C@H](O)COC[C@H](O)[C@@H](O)COC[C@@H](O)CCCC[C@H](O)CCCCCCCC1=CC(=O)O[C@H]1C. The molecule has 1 rings (SSSR count). The highest BCUT2D eigenvalue weighted by atomic mass is 16.5. The van der Waals surface area contributed by atoms with Gasteiger partial charge in [0.2, 0.25) is 0 Å². The summed E-state index contributed by atoms with van der Waals surface area (Å²) in [5, 5.41) is 50.6. The Hall–Kier alpha value is -1.07. The van der Waals surface area contributed by atoms with E-state index in [9.17, 15) is 30.3 Å². The number of unbranched alkanes of at least 4 members (excludes halogenated alkanes) is 12. The van der Waals surface area contributed by atoms with E-state index in [0.29, 0.717) is 19.3 Å². The van der Waals surface area contributed by atoms with Crippen molar-refractivity contribution >= 4 is 5.97 Å². The Morgan fingerprint density at radius 1 is 0.614 bits per heavy atom. The molecular weight excluding hydrogens is 564 g/mol. The van der Waals surface area contributed by atoms with Crippen LogP contribution in [-0.2, 0) is 19.0 Å². The first kappa shape index (κ1) is 41.0. The Morgan fingerprint density at radius 2 is 1.02 bits per heavy atom. The van der Waals surface area contributed by atoms with Crippen LogP contribution in [-0.4, -0.2) is 94.6 Å². The predicted molar refractivity (Wildman–Crippen MR) is 173 cm³/mol. The van der Waals surface area contributed by atoms with Crippen molar-refractivity contribution in [2.45, 2.75) is 179 Å². The van der Waals surface area contributed by atoms with Gasteiger partial charge in [-0.25, -0.2) is 4.79 Å². The average Bonchev–Trinajstić information content (AvgIpc) is 3.32. The molecule has 1 aliphatic heterocycles. The first-order valence-electron chi connectivity index (χ1n) is 17.7. The Bertz CT molecular complexity index is 716. The maximum absolute atomic E-state index is 11.2. The summed E-state index contributed by atoms with van der Waals surface area (Å²) in [5.74, 6) is -0.227. The number of aliphatic hydroxyl groups is 5. The average molecular weight is 631 g/mol. The molecule has 1 aliphatic rings. The van der Waals surface area contributed by atoms with Gasteiger partial charge in [0.25, 0.3) is 0 Å². The van der Waals surface area contributed by atoms with E-state index < -0.39 is 24.4 Å². The summed E-state index contributed by atoms with van der Waals surface area (Å²) in [6.45, 7) is 4.15. The van der Waals surface area contributed by atoms with Crippen molar-refractivity contribution < 1.29 is 44.5 Å². The van der Waals surface area contributed by atoms with Crippen LogP contribution in [0.15, 0.2) is 11.6 Å². The van der Waals surface area contributed by atoms with Crippen LogP contribution in [0.1, 0.15) is 142 Å². The quantitative estimate of drug-likeness (QED) is 0.0494. The van der Waals surface area contributed by atoms with Gasteiger partial charge in [0.15, 0.2) is 0 Å². The van der Waals surface area contributed by atoms with Crippen molar-refractivity contribution in [2.24, 2.45) is 0 Å². The fraction of sp³-hybridized carbons (Fsp3) is 0.914. The number of hydrogen-bond donors (Lipinski definition) is 5. The van der Waals surface area contributed by atoms with Crippen molar-refractivity contribution in [3.05, 3.63) is 11.6 Å². The number of esters is 1. The molecule has 0 fully saturated rings. The van der Waals surface area contributed by atoms with Crippen LogP contribution < -0.4 is 0 Å². The van der Waals surface area contributed by atoms with Gasteiger partial charge in [-0.3, -0.25) is 0 Å². The Labute approximate surface area is 267 Å². The highest BCUT2D eigenvalue weighted by Crippen LogP contribution is 2.22. The van der Waals surface area contributed by atoms with Gasteiger partial charge in [0.05, 0.1) is 44.7 Å². The fourth-order valence-electron chi connectivity index (χ4n) is 5.52. The third-order valence-electron chi connectivity index (χ3n) is 8.48. The number of carbonyl (C=O) groups excluding carboxylic acids is 1. The lowest BCUT2D eigenvalue weighted by Crippen LogP contribution is -2.36. The molecule has 0 spiro atoms. The summed E-state index contributed by atoms with van der Waals surface area (Å²) in [6.07, 6.45) is 18.1. The molecule has 0 aliphatic carbocycles. The molecule has 0 unspecified atom stereocenters. The third kappa shape index (κ3) is 22.4. The standard InChI is InChI=1S/C35H66O9/c1-3-4-5-6-7-8-11-15-21-31(37)24-42-26-33(39)34(40)27-43-25-32(38)22-17-16-20-30(36)19-14-12-9-10-13-18-29-23-35(41)44-28(29)2/h23,28,30-34,36-40H,3-22,24-27H2,1-2H3/t28-,30+,31-,32-,33-,34-/m0/s1. The minimum atomic E-state index is -1.13. The van der Waals surface area contributed by atoms with E-state index in [1.54, 1.807) is 6.08 Å². The monoisotopic (exact) mass is 630 g/mol. The summed E-state index contributed by atoms with van der Waals surface area (Å²) in [4.78, 5) is 11.2. The van der Waals surface area contributed by atoms with E-state index in [0.717, 1.165) is 76.2 Å². The normalized spacial score (nSPS) is 18.6. The summed E-state index contributed by atoms with van der Waals surface area (Å²) in [6, 6.07) is 0. The van der Waals surface area contributed by atoms with Crippen molar-refractivity contribution in [2.75, 3.05) is 26.4 Å². The molecule has 0 saturated heterocycles. The van der Waals surface area contributed by atoms with Crippen molar-refractivity contribution in [1.29, 1.82) is 0 Å². The second-order valence-corrected chi connectivity index (χ2v) is 12.8. The number of hydrogen-bond acceptors (Lipinski definition) is 9. The zero-order chi connectivity index (χ0) is 32.4. The van der Waals surface area contributed by atoms with E-state index in [-0.39, 0.29) is 44.6 Å². The lowest BCUT2D eigenvalue weighted by Gasteiger charge is -2.20. The number of aliphatic hydroxyl groups excluding tert-OH is 5. The summed E-state index contributed by atoms with van der Waals surface area (Å²) in [7, 11) is 0. The summed E-state index contributed by atoms with van der Waals surface area (Å²) >= 11 is 0. The van der Waals surface area contributed by atoms with Crippen LogP contribution in [0, 0.1) is 0 Å². The van der Waals surface area contributed by atoms with Gasteiger partial charge >= 0.3 is 5.97 Å². The molecular formula is C35H66O9. The van der Waals surface area contributed by atoms with Crippen molar-refractivity contribution in [3.8, 4) is 0 Å². The van der Waals surface area contributed by atoms with Crippen LogP contribution >= 0.6 is 0 Å². The Balaban J connectivity index is 1.91. The van der Waals surface area contributed by atoms with Gasteiger partial charge in [-0.15, -0.1) is 0 Å². The lowest BCUT2D eigenvalue weighted by atomic mass is 10.0. The zero-order valence-corrected chi connectivity index (χ0v) is 27.9. The van der Waals surface area contributed by atoms with E-state index in [2.05, 4.69) is 6.92 Å². The van der Waals surface area contributed by atoms with E-state index in [1.807, 2.05) is 6.92 Å². The predicted octanol–water partition coefficient (Wildman–Crippen LogP) is 5.52. The molecule has 0 aromatic rings. The van der Waals surface area contributed by atoms with Crippen LogP contribution in [0.25, 0.3) is 0 Å². The highest BCUT2D eigenvalue weighted by Gasteiger charge is 2.21. The van der Waals surface area contributed by atoms with Crippen molar-refractivity contribution in [3.63, 3.8) is 0 Å². The Morgan fingerprint density at radius 3 is 1.48 bits per heavy atom. The van der Waals surface area contributed by atoms with Crippen LogP contribution in [0.3, 0.4) is 0 Å².